The number of amides is 1. The number of non-ortho nitro benzene ring substituents is 1. The van der Waals surface area contributed by atoms with Crippen molar-refractivity contribution in [1.29, 1.82) is 0 Å². The van der Waals surface area contributed by atoms with Crippen LogP contribution in [0.15, 0.2) is 48.6 Å². The summed E-state index contributed by atoms with van der Waals surface area (Å²) in [4.78, 5) is 26.1. The van der Waals surface area contributed by atoms with Gasteiger partial charge in [-0.25, -0.2) is 0 Å². The van der Waals surface area contributed by atoms with Gasteiger partial charge in [0.1, 0.15) is 0 Å². The number of anilines is 1. The van der Waals surface area contributed by atoms with Gasteiger partial charge in [0, 0.05) is 50.1 Å². The Morgan fingerprint density at radius 3 is 2.32 bits per heavy atom. The lowest BCUT2D eigenvalue weighted by atomic mass is 10.2. The predicted molar refractivity (Wildman–Crippen MR) is 85.8 cm³/mol. The maximum absolute atomic E-state index is 11.9. The van der Waals surface area contributed by atoms with E-state index in [2.05, 4.69) is 4.90 Å². The Balaban J connectivity index is 1.91. The highest BCUT2D eigenvalue weighted by atomic mass is 16.6. The first kappa shape index (κ1) is 15.8. The Kier molecular flexibility index (Phi) is 5.30. The third kappa shape index (κ3) is 3.94. The minimum absolute atomic E-state index is 0.0152. The number of allylic oxidation sites excluding steroid dienone is 3. The molecular formula is C16H19N3O3. The van der Waals surface area contributed by atoms with Crippen LogP contribution in [0.1, 0.15) is 6.92 Å². The zero-order valence-electron chi connectivity index (χ0n) is 12.5. The minimum Gasteiger partial charge on any atom is -0.368 e. The summed E-state index contributed by atoms with van der Waals surface area (Å²) in [5, 5.41) is 10.7. The fraction of sp³-hybridized carbons (Fsp3) is 0.312. The average Bonchev–Trinajstić information content (AvgIpc) is 2.55. The van der Waals surface area contributed by atoms with Gasteiger partial charge in [0.15, 0.2) is 0 Å². The molecule has 1 heterocycles. The first-order valence-corrected chi connectivity index (χ1v) is 7.19. The zero-order chi connectivity index (χ0) is 15.9. The van der Waals surface area contributed by atoms with Gasteiger partial charge >= 0.3 is 0 Å². The van der Waals surface area contributed by atoms with Crippen LogP contribution >= 0.6 is 0 Å². The molecule has 1 aliphatic heterocycles. The number of nitro benzene ring substituents is 1. The quantitative estimate of drug-likeness (QED) is 0.370. The van der Waals surface area contributed by atoms with Crippen molar-refractivity contribution >= 4 is 17.3 Å². The number of piperazine rings is 1. The summed E-state index contributed by atoms with van der Waals surface area (Å²) in [6.45, 7) is 4.64. The maximum Gasteiger partial charge on any atom is 0.269 e. The smallest absolute Gasteiger partial charge is 0.269 e. The van der Waals surface area contributed by atoms with E-state index in [-0.39, 0.29) is 11.6 Å². The summed E-state index contributed by atoms with van der Waals surface area (Å²) < 4.78 is 0. The number of benzene rings is 1. The first-order chi connectivity index (χ1) is 10.6. The number of rotatable bonds is 4. The van der Waals surface area contributed by atoms with Crippen molar-refractivity contribution < 1.29 is 9.72 Å². The Morgan fingerprint density at radius 1 is 1.14 bits per heavy atom. The first-order valence-electron chi connectivity index (χ1n) is 7.19. The van der Waals surface area contributed by atoms with E-state index in [4.69, 9.17) is 0 Å². The summed E-state index contributed by atoms with van der Waals surface area (Å²) in [5.74, 6) is 0.0152. The van der Waals surface area contributed by atoms with Crippen LogP contribution < -0.4 is 4.90 Å². The Bertz CT molecular complexity index is 585. The molecule has 6 nitrogen and oxygen atoms in total. The molecule has 0 bridgehead atoms. The molecule has 1 saturated heterocycles. The van der Waals surface area contributed by atoms with Crippen molar-refractivity contribution in [2.45, 2.75) is 6.92 Å². The summed E-state index contributed by atoms with van der Waals surface area (Å²) >= 11 is 0. The summed E-state index contributed by atoms with van der Waals surface area (Å²) in [5.41, 5.74) is 1.04. The minimum atomic E-state index is -0.405. The second-order valence-corrected chi connectivity index (χ2v) is 4.97. The Morgan fingerprint density at radius 2 is 1.77 bits per heavy atom. The van der Waals surface area contributed by atoms with Gasteiger partial charge in [0.25, 0.3) is 5.69 Å². The molecule has 0 radical (unpaired) electrons. The zero-order valence-corrected chi connectivity index (χ0v) is 12.5. The lowest BCUT2D eigenvalue weighted by molar-refractivity contribution is -0.384. The number of nitro groups is 1. The lowest BCUT2D eigenvalue weighted by Crippen LogP contribution is -2.48. The van der Waals surface area contributed by atoms with Crippen molar-refractivity contribution in [3.05, 3.63) is 58.7 Å². The molecular weight excluding hydrogens is 282 g/mol. The van der Waals surface area contributed by atoms with Crippen LogP contribution in [-0.2, 0) is 4.79 Å². The third-order valence-electron chi connectivity index (χ3n) is 3.56. The molecule has 6 heteroatoms. The van der Waals surface area contributed by atoms with Crippen LogP contribution in [0.2, 0.25) is 0 Å². The van der Waals surface area contributed by atoms with Gasteiger partial charge in [-0.3, -0.25) is 14.9 Å². The van der Waals surface area contributed by atoms with E-state index in [1.807, 2.05) is 24.0 Å². The summed E-state index contributed by atoms with van der Waals surface area (Å²) in [6.07, 6.45) is 7.01. The van der Waals surface area contributed by atoms with Crippen LogP contribution in [0.25, 0.3) is 0 Å². The predicted octanol–water partition coefficient (Wildman–Crippen LogP) is 2.38. The summed E-state index contributed by atoms with van der Waals surface area (Å²) in [7, 11) is 0. The van der Waals surface area contributed by atoms with Crippen LogP contribution in [0, 0.1) is 10.1 Å². The van der Waals surface area contributed by atoms with Crippen LogP contribution in [0.5, 0.6) is 0 Å². The van der Waals surface area contributed by atoms with Crippen molar-refractivity contribution in [2.24, 2.45) is 0 Å². The molecule has 22 heavy (non-hydrogen) atoms. The monoisotopic (exact) mass is 301 g/mol. The lowest BCUT2D eigenvalue weighted by Gasteiger charge is -2.35. The fourth-order valence-corrected chi connectivity index (χ4v) is 2.32. The molecule has 0 N–H and O–H groups in total. The van der Waals surface area contributed by atoms with E-state index in [0.717, 1.165) is 18.8 Å². The SMILES string of the molecule is CC=CC=CC(=O)N1CCN(c2ccc([N+](=O)[O-])cc2)CC1. The normalized spacial score (nSPS) is 15.7. The van der Waals surface area contributed by atoms with Crippen molar-refractivity contribution in [3.63, 3.8) is 0 Å². The van der Waals surface area contributed by atoms with E-state index in [1.54, 1.807) is 24.3 Å². The van der Waals surface area contributed by atoms with E-state index in [1.165, 1.54) is 12.1 Å². The third-order valence-corrected chi connectivity index (χ3v) is 3.56. The molecule has 116 valence electrons. The van der Waals surface area contributed by atoms with Gasteiger partial charge in [-0.2, -0.15) is 0 Å². The molecule has 0 aliphatic carbocycles. The van der Waals surface area contributed by atoms with Crippen LogP contribution in [-0.4, -0.2) is 41.9 Å². The van der Waals surface area contributed by atoms with E-state index in [0.29, 0.717) is 13.1 Å². The number of carbonyl (C=O) groups is 1. The molecule has 0 unspecified atom stereocenters. The second kappa shape index (κ2) is 7.40. The molecule has 0 atom stereocenters. The second-order valence-electron chi connectivity index (χ2n) is 4.97. The van der Waals surface area contributed by atoms with Crippen molar-refractivity contribution in [2.75, 3.05) is 31.1 Å². The van der Waals surface area contributed by atoms with Gasteiger partial charge in [-0.1, -0.05) is 18.2 Å². The highest BCUT2D eigenvalue weighted by Crippen LogP contribution is 2.20. The highest BCUT2D eigenvalue weighted by molar-refractivity contribution is 5.88. The fourth-order valence-electron chi connectivity index (χ4n) is 2.32. The Hall–Kier alpha value is -2.63. The van der Waals surface area contributed by atoms with E-state index < -0.39 is 4.92 Å². The average molecular weight is 301 g/mol. The summed E-state index contributed by atoms with van der Waals surface area (Å²) in [6, 6.07) is 6.52. The van der Waals surface area contributed by atoms with E-state index in [9.17, 15) is 14.9 Å². The van der Waals surface area contributed by atoms with Gasteiger partial charge in [-0.15, -0.1) is 0 Å². The largest absolute Gasteiger partial charge is 0.368 e. The Labute approximate surface area is 129 Å². The molecule has 0 aromatic heterocycles. The van der Waals surface area contributed by atoms with Gasteiger partial charge in [0.05, 0.1) is 4.92 Å². The standard InChI is InChI=1S/C16H19N3O3/c1-2-3-4-5-16(20)18-12-10-17(11-13-18)14-6-8-15(9-7-14)19(21)22/h2-9H,10-13H2,1H3. The maximum atomic E-state index is 11.9. The van der Waals surface area contributed by atoms with Crippen molar-refractivity contribution in [3.8, 4) is 0 Å². The molecule has 1 aliphatic rings. The number of hydrogen-bond donors (Lipinski definition) is 0. The van der Waals surface area contributed by atoms with Crippen LogP contribution in [0.3, 0.4) is 0 Å². The van der Waals surface area contributed by atoms with Crippen molar-refractivity contribution in [1.82, 2.24) is 4.90 Å². The molecule has 1 fully saturated rings. The molecule has 1 aromatic carbocycles. The van der Waals surface area contributed by atoms with Gasteiger partial charge < -0.3 is 9.80 Å². The van der Waals surface area contributed by atoms with Crippen LogP contribution in [0.4, 0.5) is 11.4 Å². The van der Waals surface area contributed by atoms with Gasteiger partial charge in [-0.05, 0) is 19.1 Å². The number of carbonyl (C=O) groups excluding carboxylic acids is 1. The number of hydrogen-bond acceptors (Lipinski definition) is 4. The molecule has 0 spiro atoms. The molecule has 1 aromatic rings. The molecule has 0 saturated carbocycles. The topological polar surface area (TPSA) is 66.7 Å². The van der Waals surface area contributed by atoms with E-state index >= 15 is 0 Å². The molecule has 2 rings (SSSR count). The molecule has 1 amide bonds. The highest BCUT2D eigenvalue weighted by Gasteiger charge is 2.20. The number of nitrogens with zero attached hydrogens (tertiary/aromatic N) is 3. The van der Waals surface area contributed by atoms with Gasteiger partial charge in [0.2, 0.25) is 5.91 Å².